The second kappa shape index (κ2) is 4.88. The molecule has 2 N–H and O–H groups in total. The number of hydrogen-bond acceptors (Lipinski definition) is 3. The number of rotatable bonds is 5. The molecule has 1 unspecified atom stereocenters. The fraction of sp³-hybridized carbons (Fsp3) is 0.700. The van der Waals surface area contributed by atoms with Crippen molar-refractivity contribution in [1.29, 1.82) is 0 Å². The van der Waals surface area contributed by atoms with Gasteiger partial charge in [0.1, 0.15) is 5.82 Å². The van der Waals surface area contributed by atoms with Crippen molar-refractivity contribution in [3.05, 3.63) is 18.2 Å². The van der Waals surface area contributed by atoms with Crippen molar-refractivity contribution in [2.24, 2.45) is 0 Å². The highest BCUT2D eigenvalue weighted by Crippen LogP contribution is 2.14. The van der Waals surface area contributed by atoms with Gasteiger partial charge in [-0.25, -0.2) is 4.98 Å². The smallest absolute Gasteiger partial charge is 0.319 e. The molecule has 0 aliphatic rings. The van der Waals surface area contributed by atoms with E-state index in [1.54, 1.807) is 20.8 Å². The second-order valence-corrected chi connectivity index (χ2v) is 4.28. The quantitative estimate of drug-likeness (QED) is 0.810. The number of hydrogen-bond donors (Lipinski definition) is 2. The summed E-state index contributed by atoms with van der Waals surface area (Å²) >= 11 is 0. The third kappa shape index (κ3) is 2.99. The van der Waals surface area contributed by atoms with Crippen LogP contribution < -0.4 is 5.32 Å². The lowest BCUT2D eigenvalue weighted by Gasteiger charge is -2.29. The number of nitrogens with zero attached hydrogens (tertiary/aromatic N) is 2. The summed E-state index contributed by atoms with van der Waals surface area (Å²) < 4.78 is 25.8. The molecule has 0 bridgehead atoms. The standard InChI is InChI=1S/C10H17F2N3O/c1-7(16)10(2,3)14-6-8-13-4-5-15(8)9(11)12/h4-5,7,9,14,16H,6H2,1-3H3. The highest BCUT2D eigenvalue weighted by atomic mass is 19.3. The Bertz CT molecular complexity index is 337. The molecule has 0 aliphatic heterocycles. The monoisotopic (exact) mass is 233 g/mol. The molecule has 92 valence electrons. The SMILES string of the molecule is CC(O)C(C)(C)NCc1nccn1C(F)F. The summed E-state index contributed by atoms with van der Waals surface area (Å²) in [5.74, 6) is 0.253. The molecule has 0 radical (unpaired) electrons. The molecule has 0 spiro atoms. The second-order valence-electron chi connectivity index (χ2n) is 4.28. The average molecular weight is 233 g/mol. The van der Waals surface area contributed by atoms with Crippen molar-refractivity contribution in [1.82, 2.24) is 14.9 Å². The van der Waals surface area contributed by atoms with Gasteiger partial charge in [-0.2, -0.15) is 8.78 Å². The van der Waals surface area contributed by atoms with Gasteiger partial charge in [-0.15, -0.1) is 0 Å². The van der Waals surface area contributed by atoms with E-state index in [9.17, 15) is 13.9 Å². The zero-order chi connectivity index (χ0) is 12.3. The van der Waals surface area contributed by atoms with Gasteiger partial charge in [-0.05, 0) is 20.8 Å². The van der Waals surface area contributed by atoms with Crippen LogP contribution in [0.2, 0.25) is 0 Å². The first-order valence-electron chi connectivity index (χ1n) is 5.07. The fourth-order valence-corrected chi connectivity index (χ4v) is 1.11. The van der Waals surface area contributed by atoms with E-state index in [0.29, 0.717) is 0 Å². The lowest BCUT2D eigenvalue weighted by molar-refractivity contribution is 0.0637. The first-order chi connectivity index (χ1) is 7.34. The largest absolute Gasteiger partial charge is 0.392 e. The molecule has 1 rings (SSSR count). The predicted molar refractivity (Wildman–Crippen MR) is 56.1 cm³/mol. The summed E-state index contributed by atoms with van der Waals surface area (Å²) in [5.41, 5.74) is -0.543. The average Bonchev–Trinajstić information content (AvgIpc) is 2.62. The molecule has 0 saturated heterocycles. The van der Waals surface area contributed by atoms with Crippen LogP contribution in [0, 0.1) is 0 Å². The van der Waals surface area contributed by atoms with E-state index in [0.717, 1.165) is 4.57 Å². The van der Waals surface area contributed by atoms with E-state index < -0.39 is 18.2 Å². The molecule has 0 fully saturated rings. The van der Waals surface area contributed by atoms with E-state index in [2.05, 4.69) is 10.3 Å². The Labute approximate surface area is 93.3 Å². The number of aliphatic hydroxyl groups excluding tert-OH is 1. The molecule has 1 aromatic rings. The summed E-state index contributed by atoms with van der Waals surface area (Å²) in [6, 6.07) is 0. The van der Waals surface area contributed by atoms with E-state index in [-0.39, 0.29) is 12.4 Å². The van der Waals surface area contributed by atoms with Gasteiger partial charge in [0.05, 0.1) is 12.6 Å². The fourth-order valence-electron chi connectivity index (χ4n) is 1.11. The molecule has 0 saturated carbocycles. The number of aromatic nitrogens is 2. The Hall–Kier alpha value is -1.01. The molecule has 0 amide bonds. The molecule has 1 heterocycles. The zero-order valence-corrected chi connectivity index (χ0v) is 9.61. The third-order valence-electron chi connectivity index (χ3n) is 2.71. The summed E-state index contributed by atoms with van der Waals surface area (Å²) in [6.45, 7) is 2.84. The van der Waals surface area contributed by atoms with Crippen LogP contribution in [-0.4, -0.2) is 26.3 Å². The molecule has 6 heteroatoms. The molecule has 4 nitrogen and oxygen atoms in total. The van der Waals surface area contributed by atoms with Gasteiger partial charge in [0.15, 0.2) is 0 Å². The van der Waals surface area contributed by atoms with Gasteiger partial charge in [-0.1, -0.05) is 0 Å². The van der Waals surface area contributed by atoms with Crippen molar-refractivity contribution >= 4 is 0 Å². The lowest BCUT2D eigenvalue weighted by Crippen LogP contribution is -2.48. The number of aliphatic hydroxyl groups is 1. The summed E-state index contributed by atoms with van der Waals surface area (Å²) in [7, 11) is 0. The normalized spacial score (nSPS) is 14.4. The minimum atomic E-state index is -2.59. The summed E-state index contributed by atoms with van der Waals surface area (Å²) in [6.07, 6.45) is 1.98. The minimum Gasteiger partial charge on any atom is -0.392 e. The van der Waals surface area contributed by atoms with Gasteiger partial charge < -0.3 is 10.4 Å². The number of alkyl halides is 2. The third-order valence-corrected chi connectivity index (χ3v) is 2.71. The molecular weight excluding hydrogens is 216 g/mol. The van der Waals surface area contributed by atoms with E-state index in [4.69, 9.17) is 0 Å². The van der Waals surface area contributed by atoms with Crippen LogP contribution in [0.25, 0.3) is 0 Å². The van der Waals surface area contributed by atoms with E-state index in [1.807, 2.05) is 0 Å². The van der Waals surface area contributed by atoms with Crippen molar-refractivity contribution in [3.8, 4) is 0 Å². The Morgan fingerprint density at radius 1 is 1.56 bits per heavy atom. The van der Waals surface area contributed by atoms with Crippen molar-refractivity contribution < 1.29 is 13.9 Å². The molecule has 0 aromatic carbocycles. The highest BCUT2D eigenvalue weighted by Gasteiger charge is 2.24. The van der Waals surface area contributed by atoms with Gasteiger partial charge in [-0.3, -0.25) is 4.57 Å². The van der Waals surface area contributed by atoms with Crippen LogP contribution in [0.15, 0.2) is 12.4 Å². The molecular formula is C10H17F2N3O. The maximum atomic E-state index is 12.5. The van der Waals surface area contributed by atoms with Crippen LogP contribution in [0.1, 0.15) is 33.1 Å². The van der Waals surface area contributed by atoms with Crippen molar-refractivity contribution in [2.45, 2.75) is 45.5 Å². The molecule has 0 aliphatic carbocycles. The predicted octanol–water partition coefficient (Wildman–Crippen LogP) is 1.53. The number of halogens is 2. The number of imidazole rings is 1. The Balaban J connectivity index is 2.64. The molecule has 16 heavy (non-hydrogen) atoms. The van der Waals surface area contributed by atoms with Gasteiger partial charge in [0.2, 0.25) is 0 Å². The maximum Gasteiger partial charge on any atom is 0.319 e. The Kier molecular flexibility index (Phi) is 3.98. The van der Waals surface area contributed by atoms with Gasteiger partial charge in [0.25, 0.3) is 0 Å². The van der Waals surface area contributed by atoms with Gasteiger partial charge >= 0.3 is 6.55 Å². The summed E-state index contributed by atoms with van der Waals surface area (Å²) in [5, 5.41) is 12.4. The lowest BCUT2D eigenvalue weighted by atomic mass is 9.99. The van der Waals surface area contributed by atoms with Crippen LogP contribution in [0.3, 0.4) is 0 Å². The Morgan fingerprint density at radius 2 is 2.19 bits per heavy atom. The number of nitrogens with one attached hydrogen (secondary N) is 1. The first-order valence-corrected chi connectivity index (χ1v) is 5.07. The highest BCUT2D eigenvalue weighted by molar-refractivity contribution is 4.95. The zero-order valence-electron chi connectivity index (χ0n) is 9.61. The van der Waals surface area contributed by atoms with Crippen LogP contribution in [0.4, 0.5) is 8.78 Å². The summed E-state index contributed by atoms with van der Waals surface area (Å²) in [4.78, 5) is 3.84. The van der Waals surface area contributed by atoms with Gasteiger partial charge in [0, 0.05) is 17.9 Å². The maximum absolute atomic E-state index is 12.5. The first kappa shape index (κ1) is 13.1. The topological polar surface area (TPSA) is 50.1 Å². The minimum absolute atomic E-state index is 0.190. The van der Waals surface area contributed by atoms with Crippen molar-refractivity contribution in [2.75, 3.05) is 0 Å². The molecule has 1 atom stereocenters. The van der Waals surface area contributed by atoms with E-state index >= 15 is 0 Å². The molecule has 1 aromatic heterocycles. The van der Waals surface area contributed by atoms with Crippen LogP contribution in [-0.2, 0) is 6.54 Å². The van der Waals surface area contributed by atoms with Crippen LogP contribution >= 0.6 is 0 Å². The van der Waals surface area contributed by atoms with E-state index in [1.165, 1.54) is 12.4 Å². The van der Waals surface area contributed by atoms with Crippen LogP contribution in [0.5, 0.6) is 0 Å². The van der Waals surface area contributed by atoms with Crippen molar-refractivity contribution in [3.63, 3.8) is 0 Å². The Morgan fingerprint density at radius 3 is 2.69 bits per heavy atom.